The van der Waals surface area contributed by atoms with E-state index in [1.54, 1.807) is 12.1 Å². The van der Waals surface area contributed by atoms with E-state index in [0.29, 0.717) is 5.69 Å². The quantitative estimate of drug-likeness (QED) is 0.573. The molecule has 0 unspecified atom stereocenters. The molecular weight excluding hydrogens is 359 g/mol. The molecule has 0 aliphatic rings. The van der Waals surface area contributed by atoms with Crippen molar-refractivity contribution in [3.8, 4) is 0 Å². The van der Waals surface area contributed by atoms with Crippen molar-refractivity contribution in [1.29, 1.82) is 0 Å². The number of nitrogens with zero attached hydrogens (tertiary/aromatic N) is 2. The van der Waals surface area contributed by atoms with Gasteiger partial charge >= 0.3 is 6.18 Å². The zero-order valence-corrected chi connectivity index (χ0v) is 14.9. The number of hydrogen-bond acceptors (Lipinski definition) is 3. The standard InChI is InChI=1S/C19H16F3N3S/c1-12-18(13(2)25-24-12)26-17-10-6-5-9-16(17)23-11-14-7-3-4-8-15(14)19(20,21)22/h3-11H,1-2H3,(H,24,25). The van der Waals surface area contributed by atoms with Gasteiger partial charge in [-0.05, 0) is 32.0 Å². The first-order valence-corrected chi connectivity index (χ1v) is 8.66. The van der Waals surface area contributed by atoms with Crippen molar-refractivity contribution in [2.45, 2.75) is 29.8 Å². The highest BCUT2D eigenvalue weighted by molar-refractivity contribution is 7.99. The zero-order chi connectivity index (χ0) is 18.7. The Morgan fingerprint density at radius 3 is 2.42 bits per heavy atom. The summed E-state index contributed by atoms with van der Waals surface area (Å²) in [5.74, 6) is 0. The first-order valence-electron chi connectivity index (χ1n) is 7.85. The lowest BCUT2D eigenvalue weighted by molar-refractivity contribution is -0.137. The normalized spacial score (nSPS) is 12.0. The smallest absolute Gasteiger partial charge is 0.281 e. The van der Waals surface area contributed by atoms with Gasteiger partial charge in [0, 0.05) is 22.4 Å². The van der Waals surface area contributed by atoms with E-state index in [1.807, 2.05) is 32.0 Å². The Morgan fingerprint density at radius 2 is 1.73 bits per heavy atom. The number of para-hydroxylation sites is 1. The maximum atomic E-state index is 13.1. The minimum absolute atomic E-state index is 0.0375. The molecule has 1 heterocycles. The second-order valence-electron chi connectivity index (χ2n) is 5.68. The van der Waals surface area contributed by atoms with Crippen molar-refractivity contribution in [2.24, 2.45) is 4.99 Å². The maximum Gasteiger partial charge on any atom is 0.417 e. The van der Waals surface area contributed by atoms with Gasteiger partial charge in [-0.15, -0.1) is 0 Å². The number of aliphatic imine (C=N–C) groups is 1. The molecule has 3 aromatic rings. The molecule has 0 bridgehead atoms. The molecule has 0 atom stereocenters. The second-order valence-corrected chi connectivity index (χ2v) is 6.73. The Kier molecular flexibility index (Phi) is 5.18. The molecular formula is C19H16F3N3S. The molecule has 0 saturated carbocycles. The molecule has 26 heavy (non-hydrogen) atoms. The Morgan fingerprint density at radius 1 is 1.04 bits per heavy atom. The van der Waals surface area contributed by atoms with Gasteiger partial charge in [0.25, 0.3) is 0 Å². The van der Waals surface area contributed by atoms with Crippen molar-refractivity contribution in [2.75, 3.05) is 0 Å². The fourth-order valence-electron chi connectivity index (χ4n) is 2.46. The van der Waals surface area contributed by atoms with Crippen molar-refractivity contribution in [1.82, 2.24) is 10.2 Å². The summed E-state index contributed by atoms with van der Waals surface area (Å²) in [6.07, 6.45) is -3.15. The van der Waals surface area contributed by atoms with Gasteiger partial charge in [-0.2, -0.15) is 18.3 Å². The summed E-state index contributed by atoms with van der Waals surface area (Å²) in [6, 6.07) is 12.7. The summed E-state index contributed by atoms with van der Waals surface area (Å²) in [5.41, 5.74) is 1.75. The number of nitrogens with one attached hydrogen (secondary N) is 1. The Balaban J connectivity index is 1.94. The Hall–Kier alpha value is -2.54. The zero-order valence-electron chi connectivity index (χ0n) is 14.1. The van der Waals surface area contributed by atoms with Gasteiger partial charge in [-0.25, -0.2) is 0 Å². The summed E-state index contributed by atoms with van der Waals surface area (Å²) in [4.78, 5) is 6.15. The minimum atomic E-state index is -4.41. The summed E-state index contributed by atoms with van der Waals surface area (Å²) < 4.78 is 39.4. The van der Waals surface area contributed by atoms with E-state index in [1.165, 1.54) is 30.1 Å². The summed E-state index contributed by atoms with van der Waals surface area (Å²) in [5, 5.41) is 7.09. The molecule has 0 aliphatic heterocycles. The van der Waals surface area contributed by atoms with Crippen LogP contribution in [0.3, 0.4) is 0 Å². The van der Waals surface area contributed by atoms with Crippen LogP contribution in [-0.4, -0.2) is 16.4 Å². The average Bonchev–Trinajstić information content (AvgIpc) is 2.92. The number of aromatic amines is 1. The summed E-state index contributed by atoms with van der Waals surface area (Å²) >= 11 is 1.49. The molecule has 0 amide bonds. The van der Waals surface area contributed by atoms with Crippen LogP contribution in [0, 0.1) is 13.8 Å². The number of halogens is 3. The highest BCUT2D eigenvalue weighted by atomic mass is 32.2. The molecule has 3 nitrogen and oxygen atoms in total. The van der Waals surface area contributed by atoms with E-state index in [-0.39, 0.29) is 5.56 Å². The number of hydrogen-bond donors (Lipinski definition) is 1. The molecule has 0 aliphatic carbocycles. The average molecular weight is 375 g/mol. The SMILES string of the molecule is Cc1n[nH]c(C)c1Sc1ccccc1N=Cc1ccccc1C(F)(F)F. The van der Waals surface area contributed by atoms with Gasteiger partial charge in [0.15, 0.2) is 0 Å². The fourth-order valence-corrected chi connectivity index (χ4v) is 3.44. The highest BCUT2D eigenvalue weighted by Crippen LogP contribution is 2.37. The van der Waals surface area contributed by atoms with Crippen LogP contribution >= 0.6 is 11.8 Å². The van der Waals surface area contributed by atoms with Crippen molar-refractivity contribution in [3.05, 3.63) is 71.0 Å². The molecule has 0 fully saturated rings. The lowest BCUT2D eigenvalue weighted by Gasteiger charge is -2.09. The van der Waals surface area contributed by atoms with Crippen LogP contribution < -0.4 is 0 Å². The predicted octanol–water partition coefficient (Wildman–Crippen LogP) is 5.95. The van der Waals surface area contributed by atoms with E-state index in [9.17, 15) is 13.2 Å². The van der Waals surface area contributed by atoms with E-state index in [2.05, 4.69) is 15.2 Å². The maximum absolute atomic E-state index is 13.1. The van der Waals surface area contributed by atoms with Crippen LogP contribution in [0.2, 0.25) is 0 Å². The molecule has 2 aromatic carbocycles. The molecule has 0 saturated heterocycles. The summed E-state index contributed by atoms with van der Waals surface area (Å²) in [6.45, 7) is 3.82. The molecule has 3 rings (SSSR count). The lowest BCUT2D eigenvalue weighted by atomic mass is 10.1. The van der Waals surface area contributed by atoms with Gasteiger partial charge in [-0.3, -0.25) is 10.1 Å². The van der Waals surface area contributed by atoms with Gasteiger partial charge in [0.1, 0.15) is 0 Å². The van der Waals surface area contributed by atoms with Crippen molar-refractivity contribution >= 4 is 23.7 Å². The minimum Gasteiger partial charge on any atom is -0.281 e. The fraction of sp³-hybridized carbons (Fsp3) is 0.158. The van der Waals surface area contributed by atoms with Crippen LogP contribution in [0.15, 0.2) is 63.3 Å². The van der Waals surface area contributed by atoms with Crippen molar-refractivity contribution < 1.29 is 13.2 Å². The second kappa shape index (κ2) is 7.37. The molecule has 0 spiro atoms. The van der Waals surface area contributed by atoms with Crippen LogP contribution in [-0.2, 0) is 6.18 Å². The molecule has 1 aromatic heterocycles. The lowest BCUT2D eigenvalue weighted by Crippen LogP contribution is -2.08. The largest absolute Gasteiger partial charge is 0.417 e. The monoisotopic (exact) mass is 375 g/mol. The number of benzene rings is 2. The third-order valence-corrected chi connectivity index (χ3v) is 5.12. The predicted molar refractivity (Wildman–Crippen MR) is 97.3 cm³/mol. The van der Waals surface area contributed by atoms with E-state index >= 15 is 0 Å². The molecule has 0 radical (unpaired) electrons. The third kappa shape index (κ3) is 3.99. The third-order valence-electron chi connectivity index (χ3n) is 3.75. The van der Waals surface area contributed by atoms with Gasteiger partial charge < -0.3 is 0 Å². The Labute approximate surface area is 153 Å². The van der Waals surface area contributed by atoms with Crippen LogP contribution in [0.4, 0.5) is 18.9 Å². The molecule has 1 N–H and O–H groups in total. The van der Waals surface area contributed by atoms with Crippen LogP contribution in [0.1, 0.15) is 22.5 Å². The van der Waals surface area contributed by atoms with E-state index in [0.717, 1.165) is 27.2 Å². The van der Waals surface area contributed by atoms with Crippen LogP contribution in [0.5, 0.6) is 0 Å². The number of alkyl halides is 3. The topological polar surface area (TPSA) is 41.0 Å². The highest BCUT2D eigenvalue weighted by Gasteiger charge is 2.32. The first-order chi connectivity index (χ1) is 12.4. The number of aromatic nitrogens is 2. The van der Waals surface area contributed by atoms with E-state index < -0.39 is 11.7 Å². The van der Waals surface area contributed by atoms with E-state index in [4.69, 9.17) is 0 Å². The number of aryl methyl sites for hydroxylation is 2. The van der Waals surface area contributed by atoms with Crippen LogP contribution in [0.25, 0.3) is 0 Å². The van der Waals surface area contributed by atoms with Gasteiger partial charge in [0.2, 0.25) is 0 Å². The van der Waals surface area contributed by atoms with Crippen molar-refractivity contribution in [3.63, 3.8) is 0 Å². The number of H-pyrrole nitrogens is 1. The summed E-state index contributed by atoms with van der Waals surface area (Å²) in [7, 11) is 0. The number of rotatable bonds is 4. The Bertz CT molecular complexity index is 926. The molecule has 134 valence electrons. The first kappa shape index (κ1) is 18.3. The van der Waals surface area contributed by atoms with Gasteiger partial charge in [0.05, 0.1) is 21.8 Å². The van der Waals surface area contributed by atoms with Gasteiger partial charge in [-0.1, -0.05) is 42.1 Å². The molecule has 7 heteroatoms.